The minimum absolute atomic E-state index is 0.234. The van der Waals surface area contributed by atoms with Crippen LogP contribution in [0.1, 0.15) is 18.9 Å². The van der Waals surface area contributed by atoms with E-state index in [1.807, 2.05) is 25.1 Å². The Hall–Kier alpha value is -1.31. The molecule has 1 aliphatic rings. The summed E-state index contributed by atoms with van der Waals surface area (Å²) in [5.74, 6) is 0.499. The van der Waals surface area contributed by atoms with E-state index in [2.05, 4.69) is 15.9 Å². The molecule has 0 bridgehead atoms. The predicted molar refractivity (Wildman–Crippen MR) is 94.5 cm³/mol. The van der Waals surface area contributed by atoms with Gasteiger partial charge < -0.3 is 9.47 Å². The monoisotopic (exact) mass is 399 g/mol. The molecule has 0 saturated carbocycles. The Morgan fingerprint density at radius 3 is 2.78 bits per heavy atom. The first-order valence-electron chi connectivity index (χ1n) is 7.23. The maximum absolute atomic E-state index is 12.3. The summed E-state index contributed by atoms with van der Waals surface area (Å²) in [5, 5.41) is -0.234. The molecule has 124 valence electrons. The van der Waals surface area contributed by atoms with Crippen molar-refractivity contribution in [3.05, 3.63) is 33.1 Å². The minimum Gasteiger partial charge on any atom is -0.493 e. The second-order valence-corrected chi connectivity index (χ2v) is 6.65. The maximum Gasteiger partial charge on any atom is 0.293 e. The molecule has 1 aromatic carbocycles. The summed E-state index contributed by atoms with van der Waals surface area (Å²) in [6.07, 6.45) is 2.36. The fourth-order valence-electron chi connectivity index (χ4n) is 2.09. The number of hydrogen-bond donors (Lipinski definition) is 0. The van der Waals surface area contributed by atoms with Gasteiger partial charge in [-0.3, -0.25) is 14.5 Å². The standard InChI is InChI=1S/C16H18BrNO4S/c1-3-22-13-6-5-11(9-12(13)17)10-14-15(19)18(16(20)23-14)7-4-8-21-2/h5-6,9-10H,3-4,7-8H2,1-2H3/b14-10+. The highest BCUT2D eigenvalue weighted by molar-refractivity contribution is 9.10. The number of rotatable bonds is 7. The van der Waals surface area contributed by atoms with Gasteiger partial charge in [-0.2, -0.15) is 0 Å². The van der Waals surface area contributed by atoms with Crippen molar-refractivity contribution in [1.29, 1.82) is 0 Å². The van der Waals surface area contributed by atoms with Crippen LogP contribution in [0.5, 0.6) is 5.75 Å². The summed E-state index contributed by atoms with van der Waals surface area (Å²) in [4.78, 5) is 25.9. The number of nitrogens with zero attached hydrogens (tertiary/aromatic N) is 1. The van der Waals surface area contributed by atoms with E-state index in [9.17, 15) is 9.59 Å². The normalized spacial score (nSPS) is 16.5. The number of hydrogen-bond acceptors (Lipinski definition) is 5. The topological polar surface area (TPSA) is 55.8 Å². The average molecular weight is 400 g/mol. The van der Waals surface area contributed by atoms with Crippen LogP contribution >= 0.6 is 27.7 Å². The molecule has 2 amide bonds. The number of imide groups is 1. The molecule has 7 heteroatoms. The van der Waals surface area contributed by atoms with Gasteiger partial charge in [0, 0.05) is 20.3 Å². The highest BCUT2D eigenvalue weighted by Crippen LogP contribution is 2.33. The quantitative estimate of drug-likeness (QED) is 0.513. The van der Waals surface area contributed by atoms with Gasteiger partial charge in [-0.05, 0) is 64.8 Å². The molecule has 23 heavy (non-hydrogen) atoms. The number of ether oxygens (including phenoxy) is 2. The Labute approximate surface area is 148 Å². The minimum atomic E-state index is -0.249. The number of benzene rings is 1. The van der Waals surface area contributed by atoms with Crippen LogP contribution in [0, 0.1) is 0 Å². The highest BCUT2D eigenvalue weighted by atomic mass is 79.9. The van der Waals surface area contributed by atoms with Gasteiger partial charge in [-0.1, -0.05) is 6.07 Å². The Morgan fingerprint density at radius 1 is 1.35 bits per heavy atom. The summed E-state index contributed by atoms with van der Waals surface area (Å²) in [7, 11) is 1.59. The molecule has 1 heterocycles. The van der Waals surface area contributed by atoms with Crippen LogP contribution in [0.3, 0.4) is 0 Å². The summed E-state index contributed by atoms with van der Waals surface area (Å²) >= 11 is 4.41. The highest BCUT2D eigenvalue weighted by Gasteiger charge is 2.34. The Bertz CT molecular complexity index is 633. The Morgan fingerprint density at radius 2 is 2.13 bits per heavy atom. The van der Waals surface area contributed by atoms with E-state index in [1.165, 1.54) is 4.90 Å². The molecule has 0 atom stereocenters. The third-order valence-corrected chi connectivity index (χ3v) is 4.68. The lowest BCUT2D eigenvalue weighted by Gasteiger charge is -2.11. The summed E-state index contributed by atoms with van der Waals surface area (Å²) in [5.41, 5.74) is 0.836. The van der Waals surface area contributed by atoms with Crippen molar-refractivity contribution in [3.63, 3.8) is 0 Å². The van der Waals surface area contributed by atoms with Gasteiger partial charge in [-0.15, -0.1) is 0 Å². The largest absolute Gasteiger partial charge is 0.493 e. The van der Waals surface area contributed by atoms with Gasteiger partial charge in [0.05, 0.1) is 16.0 Å². The van der Waals surface area contributed by atoms with Crippen LogP contribution in [0.25, 0.3) is 6.08 Å². The second-order valence-electron chi connectivity index (χ2n) is 4.80. The molecular formula is C16H18BrNO4S. The zero-order valence-electron chi connectivity index (χ0n) is 13.0. The van der Waals surface area contributed by atoms with Crippen LogP contribution in [-0.2, 0) is 9.53 Å². The van der Waals surface area contributed by atoms with E-state index in [0.29, 0.717) is 31.1 Å². The lowest BCUT2D eigenvalue weighted by molar-refractivity contribution is -0.122. The number of methoxy groups -OCH3 is 1. The first kappa shape index (κ1) is 18.0. The zero-order valence-corrected chi connectivity index (χ0v) is 15.4. The number of carbonyl (C=O) groups is 2. The number of carbonyl (C=O) groups excluding carboxylic acids is 2. The van der Waals surface area contributed by atoms with Crippen molar-refractivity contribution in [2.75, 3.05) is 26.9 Å². The Balaban J connectivity index is 2.12. The molecule has 0 N–H and O–H groups in total. The number of amides is 2. The molecule has 0 spiro atoms. The molecule has 1 aliphatic heterocycles. The summed E-state index contributed by atoms with van der Waals surface area (Å²) in [6, 6.07) is 5.56. The fourth-order valence-corrected chi connectivity index (χ4v) is 3.47. The molecule has 5 nitrogen and oxygen atoms in total. The van der Waals surface area contributed by atoms with Crippen LogP contribution < -0.4 is 4.74 Å². The Kier molecular flexibility index (Phi) is 6.68. The van der Waals surface area contributed by atoms with E-state index in [4.69, 9.17) is 9.47 Å². The molecule has 1 fully saturated rings. The molecule has 0 radical (unpaired) electrons. The lowest BCUT2D eigenvalue weighted by atomic mass is 10.2. The first-order chi connectivity index (χ1) is 11.1. The summed E-state index contributed by atoms with van der Waals surface area (Å²) < 4.78 is 11.2. The van der Waals surface area contributed by atoms with Crippen molar-refractivity contribution in [2.45, 2.75) is 13.3 Å². The van der Waals surface area contributed by atoms with Crippen molar-refractivity contribution < 1.29 is 19.1 Å². The van der Waals surface area contributed by atoms with Crippen molar-refractivity contribution in [1.82, 2.24) is 4.90 Å². The number of thioether (sulfide) groups is 1. The maximum atomic E-state index is 12.3. The van der Waals surface area contributed by atoms with Crippen LogP contribution in [-0.4, -0.2) is 42.9 Å². The zero-order chi connectivity index (χ0) is 16.8. The second kappa shape index (κ2) is 8.52. The average Bonchev–Trinajstić information content (AvgIpc) is 2.78. The van der Waals surface area contributed by atoms with Gasteiger partial charge in [-0.25, -0.2) is 0 Å². The van der Waals surface area contributed by atoms with Gasteiger partial charge >= 0.3 is 0 Å². The van der Waals surface area contributed by atoms with Crippen LogP contribution in [0.15, 0.2) is 27.6 Å². The van der Waals surface area contributed by atoms with Gasteiger partial charge in [0.15, 0.2) is 0 Å². The SMILES string of the molecule is CCOc1ccc(/C=C2/SC(=O)N(CCCOC)C2=O)cc1Br. The molecule has 1 saturated heterocycles. The third-order valence-electron chi connectivity index (χ3n) is 3.16. The molecule has 0 unspecified atom stereocenters. The van der Waals surface area contributed by atoms with Crippen LogP contribution in [0.2, 0.25) is 0 Å². The molecule has 0 aliphatic carbocycles. The van der Waals surface area contributed by atoms with E-state index in [0.717, 1.165) is 27.5 Å². The predicted octanol–water partition coefficient (Wildman–Crippen LogP) is 3.92. The van der Waals surface area contributed by atoms with E-state index in [1.54, 1.807) is 13.2 Å². The van der Waals surface area contributed by atoms with Crippen LogP contribution in [0.4, 0.5) is 4.79 Å². The molecule has 0 aromatic heterocycles. The van der Waals surface area contributed by atoms with E-state index in [-0.39, 0.29) is 11.1 Å². The summed E-state index contributed by atoms with van der Waals surface area (Å²) in [6.45, 7) is 3.40. The van der Waals surface area contributed by atoms with Gasteiger partial charge in [0.1, 0.15) is 5.75 Å². The fraction of sp³-hybridized carbons (Fsp3) is 0.375. The van der Waals surface area contributed by atoms with Gasteiger partial charge in [0.25, 0.3) is 11.1 Å². The van der Waals surface area contributed by atoms with E-state index >= 15 is 0 Å². The number of halogens is 1. The lowest BCUT2D eigenvalue weighted by Crippen LogP contribution is -2.29. The molecular weight excluding hydrogens is 382 g/mol. The molecule has 1 aromatic rings. The van der Waals surface area contributed by atoms with Gasteiger partial charge in [0.2, 0.25) is 0 Å². The smallest absolute Gasteiger partial charge is 0.293 e. The van der Waals surface area contributed by atoms with E-state index < -0.39 is 0 Å². The molecule has 2 rings (SSSR count). The first-order valence-corrected chi connectivity index (χ1v) is 8.84. The van der Waals surface area contributed by atoms with Crippen molar-refractivity contribution >= 4 is 44.9 Å². The van der Waals surface area contributed by atoms with Crippen molar-refractivity contribution in [3.8, 4) is 5.75 Å². The third kappa shape index (κ3) is 4.59. The van der Waals surface area contributed by atoms with Crippen molar-refractivity contribution in [2.24, 2.45) is 0 Å².